The molecule has 0 aliphatic carbocycles. The maximum Gasteiger partial charge on any atom is 0.148 e. The van der Waals surface area contributed by atoms with Gasteiger partial charge in [-0.15, -0.1) is 0 Å². The van der Waals surface area contributed by atoms with Gasteiger partial charge in [-0.25, -0.2) is 9.97 Å². The van der Waals surface area contributed by atoms with Crippen LogP contribution in [0.25, 0.3) is 0 Å². The lowest BCUT2D eigenvalue weighted by molar-refractivity contribution is 0.00856. The van der Waals surface area contributed by atoms with Crippen molar-refractivity contribution in [1.82, 2.24) is 19.8 Å². The lowest BCUT2D eigenvalue weighted by Crippen LogP contribution is -2.57. The zero-order valence-electron chi connectivity index (χ0n) is 10.8. The Labute approximate surface area is 113 Å². The van der Waals surface area contributed by atoms with E-state index in [9.17, 15) is 0 Å². The summed E-state index contributed by atoms with van der Waals surface area (Å²) >= 11 is 6.12. The minimum absolute atomic E-state index is 0.335. The number of piperazine rings is 3. The Bertz CT molecular complexity index is 429. The first-order valence-electron chi connectivity index (χ1n) is 6.76. The molecule has 0 amide bonds. The lowest BCUT2D eigenvalue weighted by atomic mass is 10.1. The van der Waals surface area contributed by atoms with Crippen molar-refractivity contribution in [3.8, 4) is 0 Å². The fourth-order valence-corrected chi connectivity index (χ4v) is 3.09. The lowest BCUT2D eigenvalue weighted by Gasteiger charge is -2.46. The van der Waals surface area contributed by atoms with Crippen LogP contribution >= 0.6 is 11.6 Å². The van der Waals surface area contributed by atoms with Gasteiger partial charge in [-0.2, -0.15) is 0 Å². The minimum Gasteiger partial charge on any atom is -0.299 e. The number of hydrogen-bond acceptors (Lipinski definition) is 4. The minimum atomic E-state index is 0.335. The maximum atomic E-state index is 6.12. The Morgan fingerprint density at radius 2 is 2.06 bits per heavy atom. The number of aryl methyl sites for hydroxylation is 1. The molecule has 3 aliphatic heterocycles. The van der Waals surface area contributed by atoms with Crippen molar-refractivity contribution in [1.29, 1.82) is 0 Å². The van der Waals surface area contributed by atoms with E-state index in [-0.39, 0.29) is 0 Å². The van der Waals surface area contributed by atoms with E-state index in [2.05, 4.69) is 21.7 Å². The van der Waals surface area contributed by atoms with Gasteiger partial charge in [0.25, 0.3) is 0 Å². The van der Waals surface area contributed by atoms with Gasteiger partial charge >= 0.3 is 0 Å². The quantitative estimate of drug-likeness (QED) is 0.781. The second-order valence-corrected chi connectivity index (χ2v) is 5.53. The molecule has 0 saturated carbocycles. The molecule has 0 aromatic carbocycles. The van der Waals surface area contributed by atoms with Crippen LogP contribution in [0.4, 0.5) is 0 Å². The molecule has 4 heterocycles. The number of rotatable bonds is 3. The molecule has 98 valence electrons. The van der Waals surface area contributed by atoms with Gasteiger partial charge in [0.2, 0.25) is 0 Å². The summed E-state index contributed by atoms with van der Waals surface area (Å²) in [7, 11) is 0. The molecule has 3 fully saturated rings. The van der Waals surface area contributed by atoms with Crippen LogP contribution in [0.3, 0.4) is 0 Å². The van der Waals surface area contributed by atoms with Gasteiger partial charge in [0.05, 0.1) is 6.04 Å². The zero-order valence-corrected chi connectivity index (χ0v) is 11.5. The topological polar surface area (TPSA) is 32.3 Å². The monoisotopic (exact) mass is 266 g/mol. The molecule has 0 spiro atoms. The smallest absolute Gasteiger partial charge is 0.148 e. The number of aromatic nitrogens is 2. The molecule has 0 radical (unpaired) electrons. The predicted molar refractivity (Wildman–Crippen MR) is 71.8 cm³/mol. The van der Waals surface area contributed by atoms with Gasteiger partial charge in [-0.05, 0) is 12.5 Å². The molecule has 0 N–H and O–H groups in total. The molecular formula is C13H19ClN4. The van der Waals surface area contributed by atoms with Gasteiger partial charge in [-0.3, -0.25) is 9.80 Å². The van der Waals surface area contributed by atoms with Crippen LogP contribution in [-0.2, 0) is 6.42 Å². The van der Waals surface area contributed by atoms with Gasteiger partial charge in [0.15, 0.2) is 0 Å². The number of hydrogen-bond donors (Lipinski definition) is 0. The predicted octanol–water partition coefficient (Wildman–Crippen LogP) is 1.75. The molecule has 5 heteroatoms. The SMILES string of the molecule is CCCc1cc(Cl)nc(C2CN3CCN2CC3)n1. The first-order valence-corrected chi connectivity index (χ1v) is 7.14. The molecule has 1 unspecified atom stereocenters. The first-order chi connectivity index (χ1) is 8.76. The van der Waals surface area contributed by atoms with Crippen molar-refractivity contribution < 1.29 is 0 Å². The molecule has 18 heavy (non-hydrogen) atoms. The van der Waals surface area contributed by atoms with E-state index in [1.807, 2.05) is 6.07 Å². The Hall–Kier alpha value is -0.710. The molecule has 3 aliphatic rings. The summed E-state index contributed by atoms with van der Waals surface area (Å²) in [5.74, 6) is 0.912. The average Bonchev–Trinajstić information content (AvgIpc) is 2.40. The van der Waals surface area contributed by atoms with Crippen LogP contribution < -0.4 is 0 Å². The van der Waals surface area contributed by atoms with Gasteiger partial charge < -0.3 is 0 Å². The molecule has 1 aromatic heterocycles. The van der Waals surface area contributed by atoms with Crippen molar-refractivity contribution >= 4 is 11.6 Å². The third-order valence-corrected chi connectivity index (χ3v) is 4.04. The van der Waals surface area contributed by atoms with Crippen molar-refractivity contribution in [3.05, 3.63) is 22.7 Å². The van der Waals surface area contributed by atoms with Crippen LogP contribution in [0.15, 0.2) is 6.07 Å². The normalized spacial score (nSPS) is 30.7. The second kappa shape index (κ2) is 5.11. The zero-order chi connectivity index (χ0) is 12.5. The molecule has 2 bridgehead atoms. The van der Waals surface area contributed by atoms with Crippen LogP contribution in [0.2, 0.25) is 5.15 Å². The van der Waals surface area contributed by atoms with Crippen LogP contribution in [-0.4, -0.2) is 52.5 Å². The maximum absolute atomic E-state index is 6.12. The first kappa shape index (κ1) is 12.3. The second-order valence-electron chi connectivity index (χ2n) is 5.14. The van der Waals surface area contributed by atoms with Gasteiger partial charge in [0, 0.05) is 38.4 Å². The van der Waals surface area contributed by atoms with E-state index in [0.717, 1.165) is 44.0 Å². The summed E-state index contributed by atoms with van der Waals surface area (Å²) in [5, 5.41) is 0.584. The number of nitrogens with zero attached hydrogens (tertiary/aromatic N) is 4. The third-order valence-electron chi connectivity index (χ3n) is 3.85. The Balaban J connectivity index is 1.87. The Morgan fingerprint density at radius 3 is 2.67 bits per heavy atom. The van der Waals surface area contributed by atoms with E-state index in [1.165, 1.54) is 13.1 Å². The number of halogens is 1. The van der Waals surface area contributed by atoms with Crippen LogP contribution in [0.1, 0.15) is 30.9 Å². The summed E-state index contributed by atoms with van der Waals surface area (Å²) in [6, 6.07) is 2.23. The van der Waals surface area contributed by atoms with Gasteiger partial charge in [-0.1, -0.05) is 24.9 Å². The highest BCUT2D eigenvalue weighted by Gasteiger charge is 2.34. The Kier molecular flexibility index (Phi) is 3.50. The highest BCUT2D eigenvalue weighted by Crippen LogP contribution is 2.27. The molecule has 1 aromatic rings. The summed E-state index contributed by atoms with van der Waals surface area (Å²) in [5.41, 5.74) is 1.07. The van der Waals surface area contributed by atoms with Gasteiger partial charge in [0.1, 0.15) is 11.0 Å². The highest BCUT2D eigenvalue weighted by atomic mass is 35.5. The van der Waals surface area contributed by atoms with E-state index in [1.54, 1.807) is 0 Å². The van der Waals surface area contributed by atoms with E-state index in [4.69, 9.17) is 16.6 Å². The standard InChI is InChI=1S/C13H19ClN4/c1-2-3-10-8-12(14)16-13(15-10)11-9-17-4-6-18(11)7-5-17/h8,11H,2-7,9H2,1H3. The Morgan fingerprint density at radius 1 is 1.28 bits per heavy atom. The summed E-state index contributed by atoms with van der Waals surface area (Å²) in [4.78, 5) is 14.1. The van der Waals surface area contributed by atoms with Crippen molar-refractivity contribution in [2.75, 3.05) is 32.7 Å². The fraction of sp³-hybridized carbons (Fsp3) is 0.692. The van der Waals surface area contributed by atoms with Crippen LogP contribution in [0, 0.1) is 0 Å². The third kappa shape index (κ3) is 2.37. The van der Waals surface area contributed by atoms with Crippen molar-refractivity contribution in [2.45, 2.75) is 25.8 Å². The summed E-state index contributed by atoms with van der Waals surface area (Å²) in [6.45, 7) is 7.82. The van der Waals surface area contributed by atoms with Crippen molar-refractivity contribution in [2.24, 2.45) is 0 Å². The van der Waals surface area contributed by atoms with Crippen LogP contribution in [0.5, 0.6) is 0 Å². The van der Waals surface area contributed by atoms with Crippen molar-refractivity contribution in [3.63, 3.8) is 0 Å². The molecular weight excluding hydrogens is 248 g/mol. The van der Waals surface area contributed by atoms with E-state index in [0.29, 0.717) is 11.2 Å². The van der Waals surface area contributed by atoms with E-state index >= 15 is 0 Å². The largest absolute Gasteiger partial charge is 0.299 e. The summed E-state index contributed by atoms with van der Waals surface area (Å²) < 4.78 is 0. The molecule has 4 nitrogen and oxygen atoms in total. The van der Waals surface area contributed by atoms with E-state index < -0.39 is 0 Å². The molecule has 4 rings (SSSR count). The highest BCUT2D eigenvalue weighted by molar-refractivity contribution is 6.29. The average molecular weight is 267 g/mol. The number of fused-ring (bicyclic) bond motifs is 3. The molecule has 1 atom stereocenters. The summed E-state index contributed by atoms with van der Waals surface area (Å²) in [6.07, 6.45) is 2.07. The fourth-order valence-electron chi connectivity index (χ4n) is 2.88. The molecule has 3 saturated heterocycles.